The van der Waals surface area contributed by atoms with Gasteiger partial charge in [0.25, 0.3) is 5.91 Å². The summed E-state index contributed by atoms with van der Waals surface area (Å²) in [6.07, 6.45) is 3.64. The van der Waals surface area contributed by atoms with E-state index in [2.05, 4.69) is 29.1 Å². The van der Waals surface area contributed by atoms with Gasteiger partial charge in [0.2, 0.25) is 0 Å². The zero-order valence-corrected chi connectivity index (χ0v) is 12.5. The lowest BCUT2D eigenvalue weighted by Gasteiger charge is -2.32. The molecular formula is C15H20N2O2S. The molecule has 1 aliphatic heterocycles. The van der Waals surface area contributed by atoms with Crippen LogP contribution in [0.15, 0.2) is 11.4 Å². The first-order valence-electron chi connectivity index (χ1n) is 6.87. The molecule has 0 aliphatic carbocycles. The Balaban J connectivity index is 1.86. The molecule has 4 nitrogen and oxygen atoms in total. The van der Waals surface area contributed by atoms with Crippen molar-refractivity contribution in [3.05, 3.63) is 21.9 Å². The summed E-state index contributed by atoms with van der Waals surface area (Å²) >= 11 is 1.42. The average Bonchev–Trinajstić information content (AvgIpc) is 2.93. The second kappa shape index (κ2) is 7.44. The molecule has 1 aliphatic rings. The summed E-state index contributed by atoms with van der Waals surface area (Å²) in [4.78, 5) is 15.2. The number of thiophene rings is 1. The largest absolute Gasteiger partial charge is 0.384 e. The van der Waals surface area contributed by atoms with E-state index < -0.39 is 0 Å². The number of piperidine rings is 1. The van der Waals surface area contributed by atoms with E-state index in [0.717, 1.165) is 17.8 Å². The summed E-state index contributed by atoms with van der Waals surface area (Å²) in [7, 11) is 2.11. The number of hydrogen-bond acceptors (Lipinski definition) is 4. The molecule has 108 valence electrons. The van der Waals surface area contributed by atoms with E-state index >= 15 is 0 Å². The molecule has 0 radical (unpaired) electrons. The SMILES string of the molecule is CN1CCCCC1CNC(=O)c1csc(C#CCO)c1. The highest BCUT2D eigenvalue weighted by Crippen LogP contribution is 2.15. The van der Waals surface area contributed by atoms with Crippen molar-refractivity contribution >= 4 is 17.2 Å². The third-order valence-corrected chi connectivity index (χ3v) is 4.42. The molecule has 1 unspecified atom stereocenters. The van der Waals surface area contributed by atoms with Crippen LogP contribution in [0.3, 0.4) is 0 Å². The summed E-state index contributed by atoms with van der Waals surface area (Å²) in [5.74, 6) is 5.35. The van der Waals surface area contributed by atoms with Gasteiger partial charge >= 0.3 is 0 Å². The van der Waals surface area contributed by atoms with Gasteiger partial charge in [0.1, 0.15) is 6.61 Å². The Kier molecular flexibility index (Phi) is 5.60. The van der Waals surface area contributed by atoms with Gasteiger partial charge in [-0.05, 0) is 32.5 Å². The van der Waals surface area contributed by atoms with Gasteiger partial charge in [-0.3, -0.25) is 4.79 Å². The van der Waals surface area contributed by atoms with Crippen LogP contribution in [-0.2, 0) is 0 Å². The van der Waals surface area contributed by atoms with Gasteiger partial charge in [0, 0.05) is 18.0 Å². The maximum absolute atomic E-state index is 12.1. The Labute approximate surface area is 123 Å². The van der Waals surface area contributed by atoms with E-state index in [0.29, 0.717) is 18.2 Å². The highest BCUT2D eigenvalue weighted by molar-refractivity contribution is 7.10. The Morgan fingerprint density at radius 2 is 2.45 bits per heavy atom. The fraction of sp³-hybridized carbons (Fsp3) is 0.533. The number of nitrogens with one attached hydrogen (secondary N) is 1. The Morgan fingerprint density at radius 1 is 1.60 bits per heavy atom. The zero-order valence-electron chi connectivity index (χ0n) is 11.7. The molecule has 1 saturated heterocycles. The molecule has 0 bridgehead atoms. The standard InChI is InChI=1S/C15H20N2O2S/c1-17-7-3-2-5-13(17)10-16-15(19)12-9-14(20-11-12)6-4-8-18/h9,11,13,18H,2-3,5,7-8,10H2,1H3,(H,16,19). The maximum Gasteiger partial charge on any atom is 0.252 e. The molecular weight excluding hydrogens is 272 g/mol. The van der Waals surface area contributed by atoms with Crippen molar-refractivity contribution in [3.8, 4) is 11.8 Å². The van der Waals surface area contributed by atoms with Crippen LogP contribution < -0.4 is 5.32 Å². The number of rotatable bonds is 3. The molecule has 2 heterocycles. The van der Waals surface area contributed by atoms with Gasteiger partial charge in [-0.25, -0.2) is 0 Å². The first kappa shape index (κ1) is 15.0. The molecule has 0 spiro atoms. The van der Waals surface area contributed by atoms with Crippen LogP contribution in [0.1, 0.15) is 34.5 Å². The zero-order chi connectivity index (χ0) is 14.4. The third kappa shape index (κ3) is 4.07. The lowest BCUT2D eigenvalue weighted by Crippen LogP contribution is -2.44. The predicted molar refractivity (Wildman–Crippen MR) is 80.9 cm³/mol. The number of hydrogen-bond donors (Lipinski definition) is 2. The molecule has 5 heteroatoms. The molecule has 2 N–H and O–H groups in total. The van der Waals surface area contributed by atoms with Gasteiger partial charge in [-0.15, -0.1) is 11.3 Å². The molecule has 1 fully saturated rings. The number of carbonyl (C=O) groups excluding carboxylic acids is 1. The normalized spacial score (nSPS) is 19.2. The molecule has 1 amide bonds. The summed E-state index contributed by atoms with van der Waals surface area (Å²) in [5, 5.41) is 13.4. The number of aliphatic hydroxyl groups is 1. The average molecular weight is 292 g/mol. The van der Waals surface area contributed by atoms with Crippen molar-refractivity contribution in [2.24, 2.45) is 0 Å². The number of carbonyl (C=O) groups is 1. The molecule has 0 aromatic carbocycles. The van der Waals surface area contributed by atoms with Gasteiger partial charge in [0.05, 0.1) is 10.4 Å². The smallest absolute Gasteiger partial charge is 0.252 e. The predicted octanol–water partition coefficient (Wildman–Crippen LogP) is 1.31. The summed E-state index contributed by atoms with van der Waals surface area (Å²) in [6, 6.07) is 2.22. The van der Waals surface area contributed by atoms with Crippen LogP contribution >= 0.6 is 11.3 Å². The van der Waals surface area contributed by atoms with Crippen molar-refractivity contribution in [2.45, 2.75) is 25.3 Å². The molecule has 2 rings (SSSR count). The number of likely N-dealkylation sites (tertiary alicyclic amines) is 1. The van der Waals surface area contributed by atoms with E-state index in [1.165, 1.54) is 24.2 Å². The molecule has 1 atom stereocenters. The van der Waals surface area contributed by atoms with Crippen LogP contribution in [0.5, 0.6) is 0 Å². The van der Waals surface area contributed by atoms with E-state index in [1.807, 2.05) is 0 Å². The van der Waals surface area contributed by atoms with Crippen LogP contribution in [0, 0.1) is 11.8 Å². The van der Waals surface area contributed by atoms with Gasteiger partial charge in [0.15, 0.2) is 0 Å². The maximum atomic E-state index is 12.1. The summed E-state index contributed by atoms with van der Waals surface area (Å²) < 4.78 is 0. The van der Waals surface area contributed by atoms with Crippen LogP contribution in [0.4, 0.5) is 0 Å². The third-order valence-electron chi connectivity index (χ3n) is 3.57. The summed E-state index contributed by atoms with van der Waals surface area (Å²) in [6.45, 7) is 1.65. The van der Waals surface area contributed by atoms with Crippen LogP contribution in [0.25, 0.3) is 0 Å². The quantitative estimate of drug-likeness (QED) is 0.826. The van der Waals surface area contributed by atoms with Crippen molar-refractivity contribution < 1.29 is 9.90 Å². The first-order valence-corrected chi connectivity index (χ1v) is 7.75. The van der Waals surface area contributed by atoms with E-state index in [1.54, 1.807) is 11.4 Å². The lowest BCUT2D eigenvalue weighted by molar-refractivity contribution is 0.0929. The lowest BCUT2D eigenvalue weighted by atomic mass is 10.0. The minimum Gasteiger partial charge on any atom is -0.384 e. The number of nitrogens with zero attached hydrogens (tertiary/aromatic N) is 1. The Bertz CT molecular complexity index is 515. The summed E-state index contributed by atoms with van der Waals surface area (Å²) in [5.41, 5.74) is 0.649. The highest BCUT2D eigenvalue weighted by Gasteiger charge is 2.19. The van der Waals surface area contributed by atoms with Crippen molar-refractivity contribution in [2.75, 3.05) is 26.7 Å². The van der Waals surface area contributed by atoms with Crippen LogP contribution in [-0.4, -0.2) is 48.7 Å². The van der Waals surface area contributed by atoms with E-state index in [4.69, 9.17) is 5.11 Å². The van der Waals surface area contributed by atoms with Crippen molar-refractivity contribution in [1.29, 1.82) is 0 Å². The number of aliphatic hydroxyl groups excluding tert-OH is 1. The minimum absolute atomic E-state index is 0.0442. The Hall–Kier alpha value is -1.35. The molecule has 1 aromatic rings. The van der Waals surface area contributed by atoms with Gasteiger partial charge in [-0.2, -0.15) is 0 Å². The van der Waals surface area contributed by atoms with Crippen molar-refractivity contribution in [3.63, 3.8) is 0 Å². The molecule has 1 aromatic heterocycles. The second-order valence-corrected chi connectivity index (χ2v) is 5.91. The molecule has 20 heavy (non-hydrogen) atoms. The fourth-order valence-corrected chi connectivity index (χ4v) is 3.12. The fourth-order valence-electron chi connectivity index (χ4n) is 2.36. The first-order chi connectivity index (χ1) is 9.70. The minimum atomic E-state index is -0.159. The van der Waals surface area contributed by atoms with E-state index in [-0.39, 0.29) is 12.5 Å². The van der Waals surface area contributed by atoms with Crippen molar-refractivity contribution in [1.82, 2.24) is 10.2 Å². The highest BCUT2D eigenvalue weighted by atomic mass is 32.1. The number of likely N-dealkylation sites (N-methyl/N-ethyl adjacent to an activating group) is 1. The monoisotopic (exact) mass is 292 g/mol. The van der Waals surface area contributed by atoms with Crippen LogP contribution in [0.2, 0.25) is 0 Å². The van der Waals surface area contributed by atoms with Gasteiger partial charge in [-0.1, -0.05) is 18.3 Å². The van der Waals surface area contributed by atoms with Gasteiger partial charge < -0.3 is 15.3 Å². The van der Waals surface area contributed by atoms with E-state index in [9.17, 15) is 4.79 Å². The second-order valence-electron chi connectivity index (χ2n) is 5.00. The molecule has 0 saturated carbocycles. The number of amides is 1. The topological polar surface area (TPSA) is 52.6 Å². The Morgan fingerprint density at radius 3 is 3.20 bits per heavy atom.